The monoisotopic (exact) mass is 365 g/mol. The second kappa shape index (κ2) is 9.66. The molecule has 1 heterocycles. The van der Waals surface area contributed by atoms with Crippen LogP contribution in [0.25, 0.3) is 0 Å². The molecule has 3 amide bonds. The van der Waals surface area contributed by atoms with Crippen molar-refractivity contribution in [2.24, 2.45) is 0 Å². The molecule has 1 fully saturated rings. The molecule has 5 nitrogen and oxygen atoms in total. The molecule has 1 aliphatic heterocycles. The standard InChI is InChI=1S/C19H28ClN3O2/c1-3-22(4-2)19(25)23-13-11-17(12-14-23)21-18(24)10-7-15-5-8-16(20)9-6-15/h5-6,8-9,17H,3-4,7,10-14H2,1-2H3,(H,21,24). The third-order valence-corrected chi connectivity index (χ3v) is 4.97. The molecule has 0 radical (unpaired) electrons. The van der Waals surface area contributed by atoms with Crippen molar-refractivity contribution in [3.05, 3.63) is 34.9 Å². The highest BCUT2D eigenvalue weighted by Gasteiger charge is 2.25. The number of urea groups is 1. The van der Waals surface area contributed by atoms with Gasteiger partial charge in [-0.05, 0) is 50.8 Å². The van der Waals surface area contributed by atoms with Gasteiger partial charge in [-0.3, -0.25) is 4.79 Å². The Morgan fingerprint density at radius 3 is 2.32 bits per heavy atom. The zero-order chi connectivity index (χ0) is 18.2. The van der Waals surface area contributed by atoms with Crippen LogP contribution in [0, 0.1) is 0 Å². The third kappa shape index (κ3) is 5.92. The predicted molar refractivity (Wildman–Crippen MR) is 101 cm³/mol. The lowest BCUT2D eigenvalue weighted by Crippen LogP contribution is -2.50. The third-order valence-electron chi connectivity index (χ3n) is 4.72. The van der Waals surface area contributed by atoms with E-state index in [0.717, 1.165) is 31.5 Å². The molecule has 0 aliphatic carbocycles. The molecule has 0 spiro atoms. The van der Waals surface area contributed by atoms with E-state index in [-0.39, 0.29) is 18.0 Å². The van der Waals surface area contributed by atoms with Gasteiger partial charge in [-0.15, -0.1) is 0 Å². The van der Waals surface area contributed by atoms with Gasteiger partial charge in [0.1, 0.15) is 0 Å². The fraction of sp³-hybridized carbons (Fsp3) is 0.579. The van der Waals surface area contributed by atoms with Gasteiger partial charge in [0.25, 0.3) is 0 Å². The molecular weight excluding hydrogens is 338 g/mol. The summed E-state index contributed by atoms with van der Waals surface area (Å²) in [5.74, 6) is 0.0727. The number of piperidine rings is 1. The smallest absolute Gasteiger partial charge is 0.319 e. The molecule has 0 unspecified atom stereocenters. The Labute approximate surface area is 155 Å². The molecule has 0 aromatic heterocycles. The Balaban J connectivity index is 1.71. The topological polar surface area (TPSA) is 52.7 Å². The van der Waals surface area contributed by atoms with E-state index < -0.39 is 0 Å². The number of nitrogens with zero attached hydrogens (tertiary/aromatic N) is 2. The number of halogens is 1. The van der Waals surface area contributed by atoms with E-state index in [1.54, 1.807) is 0 Å². The Morgan fingerprint density at radius 1 is 1.16 bits per heavy atom. The normalized spacial score (nSPS) is 15.1. The van der Waals surface area contributed by atoms with E-state index in [2.05, 4.69) is 5.32 Å². The Bertz CT molecular complexity index is 565. The number of amides is 3. The van der Waals surface area contributed by atoms with E-state index in [4.69, 9.17) is 11.6 Å². The quantitative estimate of drug-likeness (QED) is 0.840. The van der Waals surface area contributed by atoms with Gasteiger partial charge in [0, 0.05) is 43.7 Å². The van der Waals surface area contributed by atoms with Crippen LogP contribution in [0.4, 0.5) is 4.79 Å². The number of benzene rings is 1. The summed E-state index contributed by atoms with van der Waals surface area (Å²) in [6.07, 6.45) is 2.82. The van der Waals surface area contributed by atoms with Crippen LogP contribution in [0.5, 0.6) is 0 Å². The van der Waals surface area contributed by atoms with Crippen molar-refractivity contribution in [3.8, 4) is 0 Å². The van der Waals surface area contributed by atoms with Crippen LogP contribution in [0.3, 0.4) is 0 Å². The van der Waals surface area contributed by atoms with Gasteiger partial charge in [0.15, 0.2) is 0 Å². The lowest BCUT2D eigenvalue weighted by atomic mass is 10.0. The molecule has 138 valence electrons. The fourth-order valence-electron chi connectivity index (χ4n) is 3.12. The minimum absolute atomic E-state index is 0.0727. The summed E-state index contributed by atoms with van der Waals surface area (Å²) >= 11 is 5.86. The maximum Gasteiger partial charge on any atom is 0.319 e. The number of likely N-dealkylation sites (tertiary alicyclic amines) is 1. The molecule has 0 bridgehead atoms. The van der Waals surface area contributed by atoms with Gasteiger partial charge in [-0.25, -0.2) is 4.79 Å². The first kappa shape index (κ1) is 19.6. The average molecular weight is 366 g/mol. The van der Waals surface area contributed by atoms with Crippen LogP contribution in [0.15, 0.2) is 24.3 Å². The maximum atomic E-state index is 12.3. The van der Waals surface area contributed by atoms with Crippen LogP contribution in [0.2, 0.25) is 5.02 Å². The highest BCUT2D eigenvalue weighted by atomic mass is 35.5. The number of rotatable bonds is 6. The van der Waals surface area contributed by atoms with E-state index >= 15 is 0 Å². The lowest BCUT2D eigenvalue weighted by Gasteiger charge is -2.35. The number of hydrogen-bond acceptors (Lipinski definition) is 2. The first-order chi connectivity index (χ1) is 12.0. The van der Waals surface area contributed by atoms with Crippen LogP contribution in [-0.4, -0.2) is 54.0 Å². The van der Waals surface area contributed by atoms with Crippen molar-refractivity contribution in [2.75, 3.05) is 26.2 Å². The molecular formula is C19H28ClN3O2. The highest BCUT2D eigenvalue weighted by molar-refractivity contribution is 6.30. The van der Waals surface area contributed by atoms with Crippen LogP contribution >= 0.6 is 11.6 Å². The van der Waals surface area contributed by atoms with Gasteiger partial charge in [0.2, 0.25) is 5.91 Å². The molecule has 0 saturated carbocycles. The van der Waals surface area contributed by atoms with Crippen LogP contribution < -0.4 is 5.32 Å². The number of nitrogens with one attached hydrogen (secondary N) is 1. The summed E-state index contributed by atoms with van der Waals surface area (Å²) in [5.41, 5.74) is 1.11. The Morgan fingerprint density at radius 2 is 1.76 bits per heavy atom. The van der Waals surface area contributed by atoms with E-state index in [1.165, 1.54) is 0 Å². The summed E-state index contributed by atoms with van der Waals surface area (Å²) in [6.45, 7) is 6.87. The lowest BCUT2D eigenvalue weighted by molar-refractivity contribution is -0.122. The van der Waals surface area contributed by atoms with Gasteiger partial charge in [-0.1, -0.05) is 23.7 Å². The molecule has 6 heteroatoms. The van der Waals surface area contributed by atoms with Crippen molar-refractivity contribution >= 4 is 23.5 Å². The Hall–Kier alpha value is -1.75. The molecule has 1 aliphatic rings. The summed E-state index contributed by atoms with van der Waals surface area (Å²) < 4.78 is 0. The van der Waals surface area contributed by atoms with Gasteiger partial charge in [0.05, 0.1) is 0 Å². The van der Waals surface area contributed by atoms with Crippen molar-refractivity contribution in [3.63, 3.8) is 0 Å². The molecule has 2 rings (SSSR count). The zero-order valence-corrected chi connectivity index (χ0v) is 15.9. The minimum atomic E-state index is 0.0727. The maximum absolute atomic E-state index is 12.3. The molecule has 1 saturated heterocycles. The number of aryl methyl sites for hydroxylation is 1. The van der Waals surface area contributed by atoms with E-state index in [9.17, 15) is 9.59 Å². The van der Waals surface area contributed by atoms with Gasteiger partial charge < -0.3 is 15.1 Å². The van der Waals surface area contributed by atoms with Gasteiger partial charge >= 0.3 is 6.03 Å². The second-order valence-corrected chi connectivity index (χ2v) is 6.85. The molecule has 1 N–H and O–H groups in total. The predicted octanol–water partition coefficient (Wildman–Crippen LogP) is 3.32. The first-order valence-corrected chi connectivity index (χ1v) is 9.49. The summed E-state index contributed by atoms with van der Waals surface area (Å²) in [7, 11) is 0. The Kier molecular flexibility index (Phi) is 7.56. The SMILES string of the molecule is CCN(CC)C(=O)N1CCC(NC(=O)CCc2ccc(Cl)cc2)CC1. The molecule has 1 aromatic carbocycles. The van der Waals surface area contributed by atoms with Crippen LogP contribution in [-0.2, 0) is 11.2 Å². The van der Waals surface area contributed by atoms with Crippen molar-refractivity contribution in [1.82, 2.24) is 15.1 Å². The van der Waals surface area contributed by atoms with Gasteiger partial charge in [-0.2, -0.15) is 0 Å². The molecule has 0 atom stereocenters. The number of carbonyl (C=O) groups is 2. The highest BCUT2D eigenvalue weighted by Crippen LogP contribution is 2.14. The summed E-state index contributed by atoms with van der Waals surface area (Å²) in [5, 5.41) is 3.81. The molecule has 25 heavy (non-hydrogen) atoms. The fourth-order valence-corrected chi connectivity index (χ4v) is 3.24. The molecule has 1 aromatic rings. The first-order valence-electron chi connectivity index (χ1n) is 9.11. The second-order valence-electron chi connectivity index (χ2n) is 6.41. The minimum Gasteiger partial charge on any atom is -0.353 e. The largest absolute Gasteiger partial charge is 0.353 e. The number of carbonyl (C=O) groups excluding carboxylic acids is 2. The van der Waals surface area contributed by atoms with E-state index in [1.807, 2.05) is 47.9 Å². The zero-order valence-electron chi connectivity index (χ0n) is 15.1. The number of hydrogen-bond donors (Lipinski definition) is 1. The van der Waals surface area contributed by atoms with E-state index in [0.29, 0.717) is 31.0 Å². The van der Waals surface area contributed by atoms with Crippen LogP contribution in [0.1, 0.15) is 38.7 Å². The average Bonchev–Trinajstić information content (AvgIpc) is 2.63. The van der Waals surface area contributed by atoms with Crippen molar-refractivity contribution in [2.45, 2.75) is 45.6 Å². The summed E-state index contributed by atoms with van der Waals surface area (Å²) in [6, 6.07) is 7.87. The van der Waals surface area contributed by atoms with Crippen molar-refractivity contribution < 1.29 is 9.59 Å². The van der Waals surface area contributed by atoms with Crippen molar-refractivity contribution in [1.29, 1.82) is 0 Å². The summed E-state index contributed by atoms with van der Waals surface area (Å²) in [4.78, 5) is 28.2.